The standard InChI is InChI=1S/C22H24N6O/c1-3-13-23-21(29)15-27-19(17-7-5-4-6-8-17)14-20(28-22(27)24-25-26-28)18-11-9-16(2)10-12-18/h4-12,14,20H,3,13,15H2,1-2H3,(H,23,29)/t20-/m1/s1. The summed E-state index contributed by atoms with van der Waals surface area (Å²) in [5, 5.41) is 15.3. The number of tetrazole rings is 1. The van der Waals surface area contributed by atoms with Gasteiger partial charge in [0.25, 0.3) is 5.95 Å². The highest BCUT2D eigenvalue weighted by molar-refractivity contribution is 5.89. The van der Waals surface area contributed by atoms with Crippen LogP contribution in [0.5, 0.6) is 0 Å². The van der Waals surface area contributed by atoms with E-state index >= 15 is 0 Å². The van der Waals surface area contributed by atoms with E-state index in [2.05, 4.69) is 58.1 Å². The summed E-state index contributed by atoms with van der Waals surface area (Å²) in [6, 6.07) is 18.2. The van der Waals surface area contributed by atoms with Crippen molar-refractivity contribution < 1.29 is 4.79 Å². The van der Waals surface area contributed by atoms with Crippen molar-refractivity contribution >= 4 is 17.6 Å². The number of anilines is 1. The molecule has 7 nitrogen and oxygen atoms in total. The maximum absolute atomic E-state index is 12.5. The number of nitrogens with one attached hydrogen (secondary N) is 1. The van der Waals surface area contributed by atoms with Crippen LogP contribution in [0, 0.1) is 6.92 Å². The number of allylic oxidation sites excluding steroid dienone is 1. The third-order valence-corrected chi connectivity index (χ3v) is 4.95. The number of benzene rings is 2. The van der Waals surface area contributed by atoms with Gasteiger partial charge in [0.05, 0.1) is 5.70 Å². The molecule has 0 aliphatic carbocycles. The number of hydrogen-bond donors (Lipinski definition) is 1. The minimum Gasteiger partial charge on any atom is -0.355 e. The van der Waals surface area contributed by atoms with Gasteiger partial charge in [0.15, 0.2) is 0 Å². The van der Waals surface area contributed by atoms with Gasteiger partial charge in [-0.25, -0.2) is 0 Å². The molecule has 0 spiro atoms. The Morgan fingerprint density at radius 1 is 1.10 bits per heavy atom. The second-order valence-corrected chi connectivity index (χ2v) is 7.13. The molecule has 7 heteroatoms. The molecule has 0 fully saturated rings. The van der Waals surface area contributed by atoms with Gasteiger partial charge in [-0.15, -0.1) is 0 Å². The van der Waals surface area contributed by atoms with Crippen LogP contribution < -0.4 is 10.2 Å². The summed E-state index contributed by atoms with van der Waals surface area (Å²) >= 11 is 0. The average Bonchev–Trinajstić information content (AvgIpc) is 3.24. The second-order valence-electron chi connectivity index (χ2n) is 7.13. The molecule has 29 heavy (non-hydrogen) atoms. The van der Waals surface area contributed by atoms with Crippen LogP contribution in [0.4, 0.5) is 5.95 Å². The van der Waals surface area contributed by atoms with E-state index in [1.165, 1.54) is 5.56 Å². The predicted molar refractivity (Wildman–Crippen MR) is 112 cm³/mol. The van der Waals surface area contributed by atoms with E-state index in [4.69, 9.17) is 0 Å². The van der Waals surface area contributed by atoms with Gasteiger partial charge < -0.3 is 5.32 Å². The zero-order valence-corrected chi connectivity index (χ0v) is 16.6. The largest absolute Gasteiger partial charge is 0.355 e. The summed E-state index contributed by atoms with van der Waals surface area (Å²) in [5.41, 5.74) is 4.22. The maximum Gasteiger partial charge on any atom is 0.251 e. The average molecular weight is 388 g/mol. The van der Waals surface area contributed by atoms with E-state index in [1.54, 1.807) is 4.68 Å². The van der Waals surface area contributed by atoms with Crippen molar-refractivity contribution in [2.45, 2.75) is 26.3 Å². The number of rotatable bonds is 6. The lowest BCUT2D eigenvalue weighted by Crippen LogP contribution is -2.40. The third-order valence-electron chi connectivity index (χ3n) is 4.95. The highest BCUT2D eigenvalue weighted by atomic mass is 16.2. The van der Waals surface area contributed by atoms with Gasteiger partial charge >= 0.3 is 0 Å². The van der Waals surface area contributed by atoms with Crippen LogP contribution in [0.2, 0.25) is 0 Å². The third kappa shape index (κ3) is 3.89. The van der Waals surface area contributed by atoms with Gasteiger partial charge in [0, 0.05) is 6.54 Å². The Balaban J connectivity index is 1.78. The first-order valence-corrected chi connectivity index (χ1v) is 9.83. The molecule has 148 valence electrons. The molecule has 2 aromatic carbocycles. The molecule has 1 amide bonds. The highest BCUT2D eigenvalue weighted by Gasteiger charge is 2.31. The first-order valence-electron chi connectivity index (χ1n) is 9.83. The van der Waals surface area contributed by atoms with Crippen molar-refractivity contribution in [3.8, 4) is 0 Å². The number of fused-ring (bicyclic) bond motifs is 1. The Bertz CT molecular complexity index is 1010. The van der Waals surface area contributed by atoms with Crippen LogP contribution in [0.15, 0.2) is 60.7 Å². The number of carbonyl (C=O) groups excluding carboxylic acids is 1. The van der Waals surface area contributed by atoms with Gasteiger partial charge in [-0.2, -0.15) is 4.68 Å². The Morgan fingerprint density at radius 2 is 1.86 bits per heavy atom. The lowest BCUT2D eigenvalue weighted by Gasteiger charge is -2.32. The maximum atomic E-state index is 12.5. The van der Waals surface area contributed by atoms with Crippen LogP contribution in [0.1, 0.15) is 36.1 Å². The lowest BCUT2D eigenvalue weighted by molar-refractivity contribution is -0.119. The molecule has 0 saturated heterocycles. The van der Waals surface area contributed by atoms with E-state index in [0.29, 0.717) is 12.5 Å². The van der Waals surface area contributed by atoms with Crippen molar-refractivity contribution in [1.82, 2.24) is 25.5 Å². The predicted octanol–water partition coefficient (Wildman–Crippen LogP) is 2.96. The molecule has 1 aliphatic rings. The summed E-state index contributed by atoms with van der Waals surface area (Å²) < 4.78 is 1.77. The first-order chi connectivity index (χ1) is 14.2. The highest BCUT2D eigenvalue weighted by Crippen LogP contribution is 2.35. The monoisotopic (exact) mass is 388 g/mol. The number of hydrogen-bond acceptors (Lipinski definition) is 5. The molecule has 0 bridgehead atoms. The molecule has 1 aliphatic heterocycles. The molecule has 1 aromatic heterocycles. The number of aryl methyl sites for hydroxylation is 1. The zero-order chi connectivity index (χ0) is 20.2. The van der Waals surface area contributed by atoms with E-state index in [1.807, 2.05) is 42.2 Å². The van der Waals surface area contributed by atoms with Crippen molar-refractivity contribution in [1.29, 1.82) is 0 Å². The molecule has 2 heterocycles. The van der Waals surface area contributed by atoms with Crippen LogP contribution in [0.3, 0.4) is 0 Å². The fraction of sp³-hybridized carbons (Fsp3) is 0.273. The van der Waals surface area contributed by atoms with Crippen LogP contribution in [0.25, 0.3) is 5.70 Å². The van der Waals surface area contributed by atoms with Crippen molar-refractivity contribution in [3.63, 3.8) is 0 Å². The first kappa shape index (κ1) is 18.9. The van der Waals surface area contributed by atoms with Crippen molar-refractivity contribution in [2.24, 2.45) is 0 Å². The number of aromatic nitrogens is 4. The quantitative estimate of drug-likeness (QED) is 0.703. The summed E-state index contributed by atoms with van der Waals surface area (Å²) in [5.74, 6) is 0.501. The molecular formula is C22H24N6O. The van der Waals surface area contributed by atoms with Gasteiger partial charge in [-0.05, 0) is 41.0 Å². The number of carbonyl (C=O) groups is 1. The van der Waals surface area contributed by atoms with E-state index in [-0.39, 0.29) is 18.5 Å². The van der Waals surface area contributed by atoms with Crippen LogP contribution >= 0.6 is 0 Å². The van der Waals surface area contributed by atoms with Gasteiger partial charge in [-0.1, -0.05) is 72.2 Å². The molecular weight excluding hydrogens is 364 g/mol. The Morgan fingerprint density at radius 3 is 2.59 bits per heavy atom. The van der Waals surface area contributed by atoms with E-state index in [0.717, 1.165) is 23.2 Å². The summed E-state index contributed by atoms with van der Waals surface area (Å²) in [6.07, 6.45) is 3.01. The molecule has 1 N–H and O–H groups in total. The van der Waals surface area contributed by atoms with Crippen LogP contribution in [-0.4, -0.2) is 39.2 Å². The Labute approximate surface area is 170 Å². The fourth-order valence-corrected chi connectivity index (χ4v) is 3.45. The van der Waals surface area contributed by atoms with Gasteiger partial charge in [0.2, 0.25) is 5.91 Å². The van der Waals surface area contributed by atoms with Gasteiger partial charge in [0.1, 0.15) is 12.6 Å². The summed E-state index contributed by atoms with van der Waals surface area (Å²) in [4.78, 5) is 14.4. The summed E-state index contributed by atoms with van der Waals surface area (Å²) in [7, 11) is 0. The molecule has 4 rings (SSSR count). The Hall–Kier alpha value is -3.48. The number of amides is 1. The van der Waals surface area contributed by atoms with Crippen LogP contribution in [-0.2, 0) is 4.79 Å². The van der Waals surface area contributed by atoms with Crippen molar-refractivity contribution in [3.05, 3.63) is 77.4 Å². The topological polar surface area (TPSA) is 75.9 Å². The summed E-state index contributed by atoms with van der Waals surface area (Å²) in [6.45, 7) is 4.90. The molecule has 0 saturated carbocycles. The minimum atomic E-state index is -0.147. The van der Waals surface area contributed by atoms with E-state index in [9.17, 15) is 4.79 Å². The molecule has 3 aromatic rings. The molecule has 0 unspecified atom stereocenters. The lowest BCUT2D eigenvalue weighted by atomic mass is 10.00. The normalized spacial score (nSPS) is 15.6. The van der Waals surface area contributed by atoms with E-state index < -0.39 is 0 Å². The fourth-order valence-electron chi connectivity index (χ4n) is 3.45. The SMILES string of the molecule is CCCNC(=O)CN1C(c2ccccc2)=C[C@H](c2ccc(C)cc2)n2nnnc21. The minimum absolute atomic E-state index is 0.0583. The molecule has 1 atom stereocenters. The molecule has 0 radical (unpaired) electrons. The second kappa shape index (κ2) is 8.26. The Kier molecular flexibility index (Phi) is 5.37. The van der Waals surface area contributed by atoms with Crippen molar-refractivity contribution in [2.75, 3.05) is 18.0 Å². The zero-order valence-electron chi connectivity index (χ0n) is 16.6. The number of nitrogens with zero attached hydrogens (tertiary/aromatic N) is 5. The van der Waals surface area contributed by atoms with Gasteiger partial charge in [-0.3, -0.25) is 9.69 Å². The smallest absolute Gasteiger partial charge is 0.251 e.